The first kappa shape index (κ1) is 30.2. The molecule has 0 aliphatic heterocycles. The molecule has 0 aliphatic rings. The van der Waals surface area contributed by atoms with Crippen LogP contribution in [-0.2, 0) is 33.1 Å². The molecule has 0 saturated carbocycles. The fourth-order valence-electron chi connectivity index (χ4n) is 0. The summed E-state index contributed by atoms with van der Waals surface area (Å²) in [6.45, 7) is 0. The van der Waals surface area contributed by atoms with Gasteiger partial charge < -0.3 is 9.11 Å². The van der Waals surface area contributed by atoms with Crippen molar-refractivity contribution < 1.29 is 198 Å². The number of hydrogen-bond acceptors (Lipinski definition) is 7. The van der Waals surface area contributed by atoms with Gasteiger partial charge in [0.15, 0.2) is 0 Å². The van der Waals surface area contributed by atoms with Crippen LogP contribution >= 0.6 is 0 Å². The van der Waals surface area contributed by atoms with Gasteiger partial charge in [0.1, 0.15) is 0 Å². The second kappa shape index (κ2) is 18.3. The minimum atomic E-state index is -5.17. The zero-order chi connectivity index (χ0) is 8.08. The number of hydrogen-bond donors (Lipinski definition) is 0. The molecule has 0 amide bonds. The van der Waals surface area contributed by atoms with Gasteiger partial charge in [-0.2, -0.15) is 0 Å². The molecule has 12 heavy (non-hydrogen) atoms. The van der Waals surface area contributed by atoms with E-state index in [4.69, 9.17) is 28.9 Å². The van der Waals surface area contributed by atoms with E-state index in [-0.39, 0.29) is 154 Å². The molecule has 0 spiro atoms. The van der Waals surface area contributed by atoms with Gasteiger partial charge in [-0.25, -0.2) is 0 Å². The predicted octanol–water partition coefficient (Wildman–Crippen LogP) is -11.8. The van der Waals surface area contributed by atoms with Gasteiger partial charge in [0.2, 0.25) is 0 Å². The maximum absolute atomic E-state index is 8.56. The van der Waals surface area contributed by atoms with Crippen molar-refractivity contribution in [1.29, 1.82) is 0 Å². The van der Waals surface area contributed by atoms with E-state index in [1.54, 1.807) is 0 Å². The normalized spacial score (nSPS) is 6.92. The van der Waals surface area contributed by atoms with Crippen molar-refractivity contribution in [2.75, 3.05) is 0 Å². The molecule has 0 atom stereocenters. The molecule has 7 nitrogen and oxygen atoms in total. The molecular weight excluding hydrogens is 312 g/mol. The molecule has 0 N–H and O–H groups in total. The van der Waals surface area contributed by atoms with Crippen LogP contribution in [0.3, 0.4) is 0 Å². The van der Waals surface area contributed by atoms with Crippen LogP contribution in [-0.4, -0.2) is 17.5 Å². The van der Waals surface area contributed by atoms with Crippen LogP contribution in [0.15, 0.2) is 0 Å². The molecule has 0 rings (SSSR count). The topological polar surface area (TPSA) is 137 Å². The Morgan fingerprint density at radius 2 is 0.917 bits per heavy atom. The van der Waals surface area contributed by atoms with Crippen LogP contribution in [0.4, 0.5) is 0 Å². The Balaban J connectivity index is -0.0000000221. The first-order valence-corrected chi connectivity index (χ1v) is 4.26. The molecule has 12 heteroatoms. The van der Waals surface area contributed by atoms with Gasteiger partial charge in [-0.1, -0.05) is 0 Å². The summed E-state index contributed by atoms with van der Waals surface area (Å²) in [6, 6.07) is 0. The number of rotatable bonds is 0. The Kier molecular flexibility index (Phi) is 46.0. The summed E-state index contributed by atoms with van der Waals surface area (Å²) in [5.74, 6) is 0. The molecule has 0 radical (unpaired) electrons. The van der Waals surface area contributed by atoms with E-state index in [1.807, 2.05) is 0 Å². The van der Waals surface area contributed by atoms with Crippen LogP contribution in [0.25, 0.3) is 0 Å². The van der Waals surface area contributed by atoms with E-state index < -0.39 is 25.8 Å². The third-order valence-corrected chi connectivity index (χ3v) is 0. The molecular formula is K3O7SV. The SMILES string of the molecule is O=S(=O)([O-])[O-].[K+].[K+].[K+].[O]=[V](=[O])[O-]. The monoisotopic (exact) mass is 312 g/mol. The molecule has 0 aromatic rings. The van der Waals surface area contributed by atoms with Crippen molar-refractivity contribution >= 4 is 10.4 Å². The average Bonchev–Trinajstić information content (AvgIpc) is 1.19. The molecule has 56 valence electrons. The molecule has 0 unspecified atom stereocenters. The summed E-state index contributed by atoms with van der Waals surface area (Å²) in [5, 5.41) is 0. The van der Waals surface area contributed by atoms with Crippen LogP contribution in [0.1, 0.15) is 0 Å². The Morgan fingerprint density at radius 1 is 0.917 bits per heavy atom. The fraction of sp³-hybridized carbons (Fsp3) is 0. The van der Waals surface area contributed by atoms with E-state index in [1.165, 1.54) is 0 Å². The van der Waals surface area contributed by atoms with Gasteiger partial charge in [0, 0.05) is 10.4 Å². The van der Waals surface area contributed by atoms with Gasteiger partial charge in [-0.05, 0) is 0 Å². The summed E-state index contributed by atoms with van der Waals surface area (Å²) >= 11 is -3.94. The molecule has 0 aliphatic carbocycles. The predicted molar refractivity (Wildman–Crippen MR) is 11.8 cm³/mol. The standard InChI is InChI=1S/3K.H2O4S.3O.V/c;;;1-5(2,3)4;;;;/h;;;(H2,1,2,3,4);;;;/q3*+1;;;;-1;/p-2. The zero-order valence-electron chi connectivity index (χ0n) is 6.71. The van der Waals surface area contributed by atoms with Crippen molar-refractivity contribution in [3.05, 3.63) is 0 Å². The molecule has 0 heterocycles. The van der Waals surface area contributed by atoms with Gasteiger partial charge in [0.05, 0.1) is 0 Å². The average molecular weight is 312 g/mol. The summed E-state index contributed by atoms with van der Waals surface area (Å²) in [5.41, 5.74) is 0. The Labute approximate surface area is 202 Å². The molecule has 0 fully saturated rings. The van der Waals surface area contributed by atoms with Crippen LogP contribution in [0.5, 0.6) is 0 Å². The first-order chi connectivity index (χ1) is 3.73. The van der Waals surface area contributed by atoms with E-state index in [0.717, 1.165) is 0 Å². The summed E-state index contributed by atoms with van der Waals surface area (Å²) in [4.78, 5) is 0. The van der Waals surface area contributed by atoms with E-state index in [0.29, 0.717) is 0 Å². The van der Waals surface area contributed by atoms with Gasteiger partial charge in [-0.3, -0.25) is 8.42 Å². The zero-order valence-corrected chi connectivity index (χ0v) is 18.3. The third-order valence-electron chi connectivity index (χ3n) is 0. The van der Waals surface area contributed by atoms with E-state index in [9.17, 15) is 0 Å². The van der Waals surface area contributed by atoms with Crippen molar-refractivity contribution in [2.45, 2.75) is 0 Å². The van der Waals surface area contributed by atoms with Crippen LogP contribution < -0.4 is 158 Å². The Hall–Kier alpha value is 4.92. The van der Waals surface area contributed by atoms with Crippen LogP contribution in [0, 0.1) is 0 Å². The Bertz CT molecular complexity index is 199. The van der Waals surface area contributed by atoms with Gasteiger partial charge in [-0.15, -0.1) is 0 Å². The minimum absolute atomic E-state index is 0. The van der Waals surface area contributed by atoms with Crippen molar-refractivity contribution in [1.82, 2.24) is 0 Å². The first-order valence-electron chi connectivity index (χ1n) is 1.21. The third kappa shape index (κ3) is 119. The molecule has 0 saturated heterocycles. The van der Waals surface area contributed by atoms with Crippen molar-refractivity contribution in [3.63, 3.8) is 0 Å². The van der Waals surface area contributed by atoms with E-state index >= 15 is 0 Å². The van der Waals surface area contributed by atoms with Gasteiger partial charge >= 0.3 is 181 Å². The second-order valence-corrected chi connectivity index (χ2v) is 2.15. The fourth-order valence-corrected chi connectivity index (χ4v) is 0. The quantitative estimate of drug-likeness (QED) is 0.246. The van der Waals surface area contributed by atoms with E-state index in [2.05, 4.69) is 0 Å². The van der Waals surface area contributed by atoms with Crippen molar-refractivity contribution in [3.8, 4) is 0 Å². The summed E-state index contributed by atoms with van der Waals surface area (Å²) in [7, 11) is -5.17. The summed E-state index contributed by atoms with van der Waals surface area (Å²) in [6.07, 6.45) is 0. The van der Waals surface area contributed by atoms with Crippen LogP contribution in [0.2, 0.25) is 0 Å². The van der Waals surface area contributed by atoms with Crippen molar-refractivity contribution in [2.24, 2.45) is 0 Å². The molecule has 0 aromatic heterocycles. The Morgan fingerprint density at radius 3 is 0.917 bits per heavy atom. The molecule has 0 bridgehead atoms. The molecule has 0 aromatic carbocycles. The second-order valence-electron chi connectivity index (χ2n) is 0.632. The maximum atomic E-state index is 8.56. The van der Waals surface area contributed by atoms with Gasteiger partial charge in [0.25, 0.3) is 0 Å². The summed E-state index contributed by atoms with van der Waals surface area (Å²) < 4.78 is 59.8.